The van der Waals surface area contributed by atoms with Crippen molar-refractivity contribution in [2.45, 2.75) is 0 Å². The van der Waals surface area contributed by atoms with Crippen LogP contribution < -0.4 is 0 Å². The highest BCUT2D eigenvalue weighted by atomic mass is 15.1. The lowest BCUT2D eigenvalue weighted by atomic mass is 9.91. The molecule has 0 aliphatic carbocycles. The van der Waals surface area contributed by atoms with Crippen LogP contribution in [0.15, 0.2) is 352 Å². The van der Waals surface area contributed by atoms with Gasteiger partial charge < -0.3 is 0 Å². The lowest BCUT2D eigenvalue weighted by Crippen LogP contribution is -1.98. The molecule has 0 atom stereocenters. The summed E-state index contributed by atoms with van der Waals surface area (Å²) in [6, 6.07) is 124. The van der Waals surface area contributed by atoms with Gasteiger partial charge in [0.25, 0.3) is 0 Å². The second-order valence-corrected chi connectivity index (χ2v) is 23.7. The third-order valence-electron chi connectivity index (χ3n) is 18.0. The SMILES string of the molecule is c1ccc(-c2cc3c(-c4ccccc4)cc(-c4ccc(-n5c(-c6ccccc6)nc6ccccc65)cc4)nc3c3ccccc23)cc1.c1ccc(-c2cc3c(-c4ccccc4)cc(-c4ccc5c(c4)nc(-c4ccccc4)n5-c4ccccc4)nc3c3ccccc23)cc1. The molecule has 0 bridgehead atoms. The Morgan fingerprint density at radius 1 is 0.191 bits per heavy atom. The predicted octanol–water partition coefficient (Wildman–Crippen LogP) is 22.8. The van der Waals surface area contributed by atoms with Gasteiger partial charge in [0.05, 0.1) is 44.5 Å². The number of imidazole rings is 2. The first-order chi connectivity index (χ1) is 46.6. The van der Waals surface area contributed by atoms with Gasteiger partial charge in [-0.3, -0.25) is 9.13 Å². The minimum absolute atomic E-state index is 0.917. The van der Waals surface area contributed by atoms with Gasteiger partial charge in [-0.15, -0.1) is 0 Å². The van der Waals surface area contributed by atoms with Crippen molar-refractivity contribution in [2.24, 2.45) is 0 Å². The van der Waals surface area contributed by atoms with Gasteiger partial charge >= 0.3 is 0 Å². The second-order valence-electron chi connectivity index (χ2n) is 23.7. The summed E-state index contributed by atoms with van der Waals surface area (Å²) in [5.74, 6) is 1.84. The molecule has 94 heavy (non-hydrogen) atoms. The fourth-order valence-electron chi connectivity index (χ4n) is 13.5. The molecule has 0 unspecified atom stereocenters. The number of rotatable bonds is 10. The average molecular weight is 1200 g/mol. The van der Waals surface area contributed by atoms with Crippen molar-refractivity contribution in [2.75, 3.05) is 0 Å². The first kappa shape index (κ1) is 55.4. The molecule has 18 rings (SSSR count). The van der Waals surface area contributed by atoms with Crippen molar-refractivity contribution in [3.8, 4) is 101 Å². The lowest BCUT2D eigenvalue weighted by molar-refractivity contribution is 1.10. The van der Waals surface area contributed by atoms with Gasteiger partial charge in [-0.25, -0.2) is 19.9 Å². The van der Waals surface area contributed by atoms with E-state index in [2.05, 4.69) is 337 Å². The van der Waals surface area contributed by atoms with E-state index in [1.165, 1.54) is 44.2 Å². The van der Waals surface area contributed by atoms with Gasteiger partial charge in [-0.2, -0.15) is 0 Å². The summed E-state index contributed by atoms with van der Waals surface area (Å²) < 4.78 is 4.49. The largest absolute Gasteiger partial charge is 0.292 e. The third-order valence-corrected chi connectivity index (χ3v) is 18.0. The van der Waals surface area contributed by atoms with Crippen LogP contribution in [0, 0.1) is 0 Å². The molecule has 4 heterocycles. The fourth-order valence-corrected chi connectivity index (χ4v) is 13.5. The van der Waals surface area contributed by atoms with Crippen LogP contribution in [-0.2, 0) is 0 Å². The number of nitrogens with zero attached hydrogens (tertiary/aromatic N) is 6. The maximum Gasteiger partial charge on any atom is 0.145 e. The Morgan fingerprint density at radius 3 is 0.979 bits per heavy atom. The van der Waals surface area contributed by atoms with Crippen molar-refractivity contribution in [1.29, 1.82) is 0 Å². The molecular weight excluding hydrogens is 1140 g/mol. The van der Waals surface area contributed by atoms with Crippen LogP contribution in [0.25, 0.3) is 167 Å². The summed E-state index contributed by atoms with van der Waals surface area (Å²) in [5, 5.41) is 6.97. The van der Waals surface area contributed by atoms with Crippen LogP contribution in [0.5, 0.6) is 0 Å². The van der Waals surface area contributed by atoms with Crippen LogP contribution in [0.4, 0.5) is 0 Å². The molecule has 0 saturated heterocycles. The number of benzene rings is 14. The van der Waals surface area contributed by atoms with Crippen LogP contribution in [-0.4, -0.2) is 29.1 Å². The Morgan fingerprint density at radius 2 is 0.521 bits per heavy atom. The van der Waals surface area contributed by atoms with Crippen LogP contribution >= 0.6 is 0 Å². The van der Waals surface area contributed by atoms with E-state index < -0.39 is 0 Å². The second kappa shape index (κ2) is 24.0. The molecule has 0 aliphatic rings. The zero-order valence-electron chi connectivity index (χ0n) is 51.2. The first-order valence-corrected chi connectivity index (χ1v) is 31.9. The summed E-state index contributed by atoms with van der Waals surface area (Å²) in [7, 11) is 0. The zero-order valence-corrected chi connectivity index (χ0v) is 51.2. The Kier molecular flexibility index (Phi) is 14.1. The smallest absolute Gasteiger partial charge is 0.145 e. The zero-order chi connectivity index (χ0) is 62.3. The monoisotopic (exact) mass is 1200 g/mol. The molecule has 18 aromatic rings. The number of fused-ring (bicyclic) bond motifs is 8. The number of hydrogen-bond donors (Lipinski definition) is 0. The summed E-state index contributed by atoms with van der Waals surface area (Å²) in [6.45, 7) is 0. The molecule has 0 spiro atoms. The highest BCUT2D eigenvalue weighted by Gasteiger charge is 2.21. The lowest BCUT2D eigenvalue weighted by Gasteiger charge is -2.16. The molecule has 0 fully saturated rings. The van der Waals surface area contributed by atoms with Gasteiger partial charge in [-0.05, 0) is 128 Å². The summed E-state index contributed by atoms with van der Waals surface area (Å²) >= 11 is 0. The van der Waals surface area contributed by atoms with Crippen molar-refractivity contribution in [3.63, 3.8) is 0 Å². The van der Waals surface area contributed by atoms with E-state index in [1.54, 1.807) is 0 Å². The first-order valence-electron chi connectivity index (χ1n) is 31.9. The van der Waals surface area contributed by atoms with Crippen molar-refractivity contribution in [1.82, 2.24) is 29.1 Å². The standard InChI is InChI=1S/2C44H29N3/c1-5-15-30(16-6-1)37-28-39-38(31-17-7-2-8-18-31)29-40(45-43(39)36-24-14-13-23-35(36)37)33-25-26-42-41(27-33)46-44(32-19-9-3-10-20-32)47(42)34-21-11-4-12-22-34;1-4-14-30(15-5-1)37-28-39-38(31-16-6-2-7-17-31)29-41(45-43(39)36-21-11-10-20-35(36)37)32-24-26-34(27-25-32)47-42-23-13-12-22-40(42)46-44(47)33-18-8-3-9-19-33/h2*1-29H. The highest BCUT2D eigenvalue weighted by molar-refractivity contribution is 6.18. The fraction of sp³-hybridized carbons (Fsp3) is 0. The van der Waals surface area contributed by atoms with Crippen molar-refractivity contribution >= 4 is 65.4 Å². The van der Waals surface area contributed by atoms with E-state index >= 15 is 0 Å². The van der Waals surface area contributed by atoms with E-state index in [4.69, 9.17) is 19.9 Å². The quantitative estimate of drug-likeness (QED) is 0.128. The van der Waals surface area contributed by atoms with Crippen LogP contribution in [0.1, 0.15) is 0 Å². The normalized spacial score (nSPS) is 11.4. The minimum atomic E-state index is 0.917. The predicted molar refractivity (Wildman–Crippen MR) is 391 cm³/mol. The third kappa shape index (κ3) is 10.1. The Balaban J connectivity index is 0.000000143. The van der Waals surface area contributed by atoms with Gasteiger partial charge in [0.15, 0.2) is 0 Å². The number of para-hydroxylation sites is 3. The van der Waals surface area contributed by atoms with Crippen LogP contribution in [0.3, 0.4) is 0 Å². The van der Waals surface area contributed by atoms with E-state index in [0.717, 1.165) is 122 Å². The molecular formula is C88H58N6. The molecule has 4 aromatic heterocycles. The maximum absolute atomic E-state index is 5.41. The molecule has 0 aliphatic heterocycles. The molecule has 0 amide bonds. The van der Waals surface area contributed by atoms with Gasteiger partial charge in [0, 0.05) is 55.2 Å². The van der Waals surface area contributed by atoms with E-state index in [9.17, 15) is 0 Å². The number of aromatic nitrogens is 6. The maximum atomic E-state index is 5.41. The Hall–Kier alpha value is -12.6. The molecule has 0 saturated carbocycles. The molecule has 6 nitrogen and oxygen atoms in total. The van der Waals surface area contributed by atoms with Gasteiger partial charge in [0.2, 0.25) is 0 Å². The van der Waals surface area contributed by atoms with Gasteiger partial charge in [-0.1, -0.05) is 279 Å². The molecule has 14 aromatic carbocycles. The Labute approximate surface area is 544 Å². The van der Waals surface area contributed by atoms with Crippen LogP contribution in [0.2, 0.25) is 0 Å². The molecule has 0 radical (unpaired) electrons. The topological polar surface area (TPSA) is 61.4 Å². The number of pyridine rings is 2. The summed E-state index contributed by atoms with van der Waals surface area (Å²) in [5.41, 5.74) is 23.8. The Bertz CT molecular complexity index is 5800. The van der Waals surface area contributed by atoms with Crippen molar-refractivity contribution < 1.29 is 0 Å². The highest BCUT2D eigenvalue weighted by Crippen LogP contribution is 2.43. The van der Waals surface area contributed by atoms with Crippen molar-refractivity contribution in [3.05, 3.63) is 352 Å². The summed E-state index contributed by atoms with van der Waals surface area (Å²) in [6.07, 6.45) is 0. The van der Waals surface area contributed by atoms with E-state index in [0.29, 0.717) is 0 Å². The molecule has 440 valence electrons. The average Bonchev–Trinajstić information content (AvgIpc) is 0.891. The molecule has 6 heteroatoms. The summed E-state index contributed by atoms with van der Waals surface area (Å²) in [4.78, 5) is 21.0. The van der Waals surface area contributed by atoms with E-state index in [-0.39, 0.29) is 0 Å². The van der Waals surface area contributed by atoms with E-state index in [1.807, 2.05) is 24.3 Å². The number of hydrogen-bond acceptors (Lipinski definition) is 4. The molecule has 0 N–H and O–H groups in total. The minimum Gasteiger partial charge on any atom is -0.292 e. The van der Waals surface area contributed by atoms with Gasteiger partial charge in [0.1, 0.15) is 11.6 Å².